The first-order valence-electron chi connectivity index (χ1n) is 13.6. The number of carboxylic acids is 1. The fourth-order valence-electron chi connectivity index (χ4n) is 5.79. The Morgan fingerprint density at radius 1 is 1.07 bits per heavy atom. The van der Waals surface area contributed by atoms with Crippen molar-refractivity contribution in [3.05, 3.63) is 76.6 Å². The van der Waals surface area contributed by atoms with Crippen molar-refractivity contribution in [1.82, 2.24) is 0 Å². The average molecular weight is 567 g/mol. The lowest BCUT2D eigenvalue weighted by atomic mass is 9.92. The van der Waals surface area contributed by atoms with Crippen molar-refractivity contribution in [1.29, 1.82) is 0 Å². The molecule has 0 spiro atoms. The molecule has 3 aromatic rings. The van der Waals surface area contributed by atoms with Crippen LogP contribution in [0.15, 0.2) is 48.5 Å². The van der Waals surface area contributed by atoms with Gasteiger partial charge in [-0.15, -0.1) is 0 Å². The molecule has 1 saturated heterocycles. The zero-order valence-electron chi connectivity index (χ0n) is 22.2. The highest BCUT2D eigenvalue weighted by Gasteiger charge is 2.45. The molecule has 7 nitrogen and oxygen atoms in total. The number of fused-ring (bicyclic) bond motifs is 3. The quantitative estimate of drug-likeness (QED) is 0.406. The molecule has 0 amide bonds. The van der Waals surface area contributed by atoms with E-state index in [9.17, 15) is 17.6 Å². The second-order valence-corrected chi connectivity index (χ2v) is 13.2. The standard InChI is InChI=1S/C31H31FO7S/c1-18-12-23(39-21-7-10-40(35,36)11-8-21)14-20-6-9-37-29-5-2-19(13-27(29)30(18)20)17-38-22-3-4-24(28(32)15-22)25-16-26(25)31(33)34/h2-5,12-15,21,25-26H,6-11,16-17H2,1H3,(H,33,34). The van der Waals surface area contributed by atoms with Crippen LogP contribution in [0.4, 0.5) is 4.39 Å². The number of ether oxygens (including phenoxy) is 3. The Kier molecular flexibility index (Phi) is 6.94. The minimum Gasteiger partial charge on any atom is -0.493 e. The topological polar surface area (TPSA) is 99.1 Å². The average Bonchev–Trinajstić information content (AvgIpc) is 3.72. The number of benzene rings is 3. The molecular formula is C31H31FO7S. The Morgan fingerprint density at radius 2 is 1.88 bits per heavy atom. The number of carbonyl (C=O) groups is 1. The Hall–Kier alpha value is -3.59. The van der Waals surface area contributed by atoms with Crippen LogP contribution < -0.4 is 14.2 Å². The van der Waals surface area contributed by atoms with E-state index in [0.29, 0.717) is 43.6 Å². The highest BCUT2D eigenvalue weighted by molar-refractivity contribution is 7.91. The number of aliphatic carboxylic acids is 1. The molecule has 1 saturated carbocycles. The maximum absolute atomic E-state index is 14.7. The first-order chi connectivity index (χ1) is 19.2. The number of halogens is 1. The molecule has 40 heavy (non-hydrogen) atoms. The highest BCUT2D eigenvalue weighted by atomic mass is 32.2. The molecule has 2 heterocycles. The summed E-state index contributed by atoms with van der Waals surface area (Å²) in [5.41, 5.74) is 5.50. The van der Waals surface area contributed by atoms with Gasteiger partial charge in [-0.1, -0.05) is 12.1 Å². The van der Waals surface area contributed by atoms with Crippen molar-refractivity contribution in [2.45, 2.75) is 51.2 Å². The molecule has 6 rings (SSSR count). The summed E-state index contributed by atoms with van der Waals surface area (Å²) in [4.78, 5) is 11.1. The molecular weight excluding hydrogens is 535 g/mol. The maximum Gasteiger partial charge on any atom is 0.307 e. The summed E-state index contributed by atoms with van der Waals surface area (Å²) in [7, 11) is -2.95. The van der Waals surface area contributed by atoms with Crippen molar-refractivity contribution in [2.24, 2.45) is 5.92 Å². The summed E-state index contributed by atoms with van der Waals surface area (Å²) in [6, 6.07) is 14.6. The van der Waals surface area contributed by atoms with Gasteiger partial charge in [-0.2, -0.15) is 0 Å². The van der Waals surface area contributed by atoms with Gasteiger partial charge in [0, 0.05) is 24.0 Å². The largest absolute Gasteiger partial charge is 0.493 e. The first kappa shape index (κ1) is 26.6. The minimum atomic E-state index is -2.95. The van der Waals surface area contributed by atoms with E-state index in [0.717, 1.165) is 39.3 Å². The van der Waals surface area contributed by atoms with Crippen molar-refractivity contribution in [3.63, 3.8) is 0 Å². The van der Waals surface area contributed by atoms with Gasteiger partial charge in [0.2, 0.25) is 0 Å². The van der Waals surface area contributed by atoms with Crippen LogP contribution >= 0.6 is 0 Å². The molecule has 210 valence electrons. The van der Waals surface area contributed by atoms with Gasteiger partial charge >= 0.3 is 5.97 Å². The van der Waals surface area contributed by atoms with Gasteiger partial charge in [-0.3, -0.25) is 4.79 Å². The summed E-state index contributed by atoms with van der Waals surface area (Å²) in [6.45, 7) is 2.79. The lowest BCUT2D eigenvalue weighted by Gasteiger charge is -2.24. The molecule has 2 unspecified atom stereocenters. The molecule has 3 aromatic carbocycles. The van der Waals surface area contributed by atoms with Gasteiger partial charge in [0.25, 0.3) is 0 Å². The van der Waals surface area contributed by atoms with Crippen LogP contribution in [-0.4, -0.2) is 43.7 Å². The molecule has 0 aromatic heterocycles. The monoisotopic (exact) mass is 566 g/mol. The predicted molar refractivity (Wildman–Crippen MR) is 147 cm³/mol. The number of rotatable bonds is 7. The SMILES string of the molecule is Cc1cc(OC2CCS(=O)(=O)CC2)cc2c1-c1cc(COc3ccc(C4CC4C(=O)O)c(F)c3)ccc1OCC2. The second kappa shape index (κ2) is 10.4. The maximum atomic E-state index is 14.7. The fourth-order valence-corrected chi connectivity index (χ4v) is 7.24. The minimum absolute atomic E-state index is 0.110. The third-order valence-corrected chi connectivity index (χ3v) is 9.74. The molecule has 9 heteroatoms. The zero-order valence-corrected chi connectivity index (χ0v) is 23.0. The Bertz CT molecular complexity index is 1570. The van der Waals surface area contributed by atoms with E-state index < -0.39 is 27.5 Å². The normalized spacial score (nSPS) is 21.4. The van der Waals surface area contributed by atoms with E-state index in [2.05, 4.69) is 0 Å². The third kappa shape index (κ3) is 5.52. The van der Waals surface area contributed by atoms with Crippen LogP contribution in [0.25, 0.3) is 11.1 Å². The van der Waals surface area contributed by atoms with E-state index in [1.807, 2.05) is 37.3 Å². The summed E-state index contributed by atoms with van der Waals surface area (Å²) in [5.74, 6) is 0.116. The number of carboxylic acid groups (broad SMARTS) is 1. The third-order valence-electron chi connectivity index (χ3n) is 8.02. The van der Waals surface area contributed by atoms with Crippen molar-refractivity contribution >= 4 is 15.8 Å². The summed E-state index contributed by atoms with van der Waals surface area (Å²) in [5, 5.41) is 9.14. The van der Waals surface area contributed by atoms with Gasteiger partial charge in [-0.05, 0) is 84.3 Å². The predicted octanol–water partition coefficient (Wildman–Crippen LogP) is 5.46. The molecule has 2 atom stereocenters. The zero-order chi connectivity index (χ0) is 28.0. The van der Waals surface area contributed by atoms with Gasteiger partial charge < -0.3 is 19.3 Å². The van der Waals surface area contributed by atoms with E-state index in [-0.39, 0.29) is 30.1 Å². The van der Waals surface area contributed by atoms with Gasteiger partial charge in [0.15, 0.2) is 9.84 Å². The Morgan fingerprint density at radius 3 is 2.60 bits per heavy atom. The summed E-state index contributed by atoms with van der Waals surface area (Å²) in [6.07, 6.45) is 2.07. The smallest absolute Gasteiger partial charge is 0.307 e. The van der Waals surface area contributed by atoms with E-state index in [1.165, 1.54) is 6.07 Å². The van der Waals surface area contributed by atoms with Gasteiger partial charge in [0.05, 0.1) is 24.0 Å². The molecule has 2 fully saturated rings. The highest BCUT2D eigenvalue weighted by Crippen LogP contribution is 2.48. The van der Waals surface area contributed by atoms with Crippen LogP contribution in [-0.2, 0) is 27.7 Å². The molecule has 1 N–H and O–H groups in total. The van der Waals surface area contributed by atoms with Crippen molar-refractivity contribution in [2.75, 3.05) is 18.1 Å². The van der Waals surface area contributed by atoms with Gasteiger partial charge in [-0.25, -0.2) is 12.8 Å². The van der Waals surface area contributed by atoms with Crippen LogP contribution in [0.1, 0.15) is 47.4 Å². The molecule has 2 aliphatic heterocycles. The van der Waals surface area contributed by atoms with E-state index in [4.69, 9.17) is 19.3 Å². The molecule has 3 aliphatic rings. The second-order valence-electron chi connectivity index (χ2n) is 10.9. The van der Waals surface area contributed by atoms with Crippen LogP contribution in [0.2, 0.25) is 0 Å². The van der Waals surface area contributed by atoms with Crippen LogP contribution in [0.3, 0.4) is 0 Å². The summed E-state index contributed by atoms with van der Waals surface area (Å²) < 4.78 is 56.4. The fraction of sp³-hybridized carbons (Fsp3) is 0.387. The molecule has 1 aliphatic carbocycles. The Labute approximate surface area is 232 Å². The molecule has 0 bridgehead atoms. The lowest BCUT2D eigenvalue weighted by Crippen LogP contribution is -2.30. The van der Waals surface area contributed by atoms with Crippen molar-refractivity contribution < 1.29 is 36.9 Å². The number of aryl methyl sites for hydroxylation is 1. The van der Waals surface area contributed by atoms with Crippen LogP contribution in [0, 0.1) is 18.7 Å². The Balaban J connectivity index is 1.19. The number of sulfone groups is 1. The lowest BCUT2D eigenvalue weighted by molar-refractivity contribution is -0.138. The van der Waals surface area contributed by atoms with Crippen molar-refractivity contribution in [3.8, 4) is 28.4 Å². The number of hydrogen-bond donors (Lipinski definition) is 1. The van der Waals surface area contributed by atoms with Gasteiger partial charge in [0.1, 0.15) is 35.8 Å². The van der Waals surface area contributed by atoms with Crippen LogP contribution in [0.5, 0.6) is 17.2 Å². The first-order valence-corrected chi connectivity index (χ1v) is 15.4. The molecule has 0 radical (unpaired) electrons. The van der Waals surface area contributed by atoms with E-state index in [1.54, 1.807) is 12.1 Å². The summed E-state index contributed by atoms with van der Waals surface area (Å²) >= 11 is 0. The number of hydrogen-bond acceptors (Lipinski definition) is 6. The van der Waals surface area contributed by atoms with E-state index >= 15 is 0 Å².